The third kappa shape index (κ3) is 4.72. The molecule has 1 amide bonds. The van der Waals surface area contributed by atoms with Gasteiger partial charge < -0.3 is 14.5 Å². The van der Waals surface area contributed by atoms with E-state index in [2.05, 4.69) is 15.5 Å². The van der Waals surface area contributed by atoms with Crippen molar-refractivity contribution in [3.8, 4) is 17.2 Å². The molecule has 29 heavy (non-hydrogen) atoms. The number of aromatic nitrogens is 2. The lowest BCUT2D eigenvalue weighted by molar-refractivity contribution is -0.384. The van der Waals surface area contributed by atoms with Crippen LogP contribution in [0.15, 0.2) is 46.0 Å². The molecule has 0 aliphatic rings. The van der Waals surface area contributed by atoms with Gasteiger partial charge in [0.25, 0.3) is 16.8 Å². The third-order valence-corrected chi connectivity index (χ3v) is 4.81. The lowest BCUT2D eigenvalue weighted by atomic mass is 10.1. The molecule has 0 saturated heterocycles. The van der Waals surface area contributed by atoms with Crippen molar-refractivity contribution >= 4 is 29.0 Å². The van der Waals surface area contributed by atoms with Gasteiger partial charge in [-0.25, -0.2) is 0 Å². The fourth-order valence-electron chi connectivity index (χ4n) is 2.75. The van der Waals surface area contributed by atoms with Crippen molar-refractivity contribution in [1.29, 1.82) is 0 Å². The fraction of sp³-hybridized carbons (Fsp3) is 0.211. The Morgan fingerprint density at radius 3 is 2.76 bits per heavy atom. The van der Waals surface area contributed by atoms with Crippen LogP contribution in [0.25, 0.3) is 11.5 Å². The summed E-state index contributed by atoms with van der Waals surface area (Å²) in [6.45, 7) is 3.47. The molecule has 0 spiro atoms. The molecule has 3 aromatic rings. The van der Waals surface area contributed by atoms with Crippen LogP contribution in [-0.4, -0.2) is 33.9 Å². The number of carbonyl (C=O) groups is 1. The topological polar surface area (TPSA) is 120 Å². The van der Waals surface area contributed by atoms with E-state index >= 15 is 0 Å². The first-order valence-electron chi connectivity index (χ1n) is 8.54. The predicted octanol–water partition coefficient (Wildman–Crippen LogP) is 4.00. The second-order valence-corrected chi connectivity index (χ2v) is 7.07. The number of amides is 1. The molecule has 0 aliphatic carbocycles. The molecule has 150 valence electrons. The van der Waals surface area contributed by atoms with Crippen LogP contribution in [0.4, 0.5) is 11.4 Å². The minimum absolute atomic E-state index is 0.0436. The van der Waals surface area contributed by atoms with Crippen LogP contribution in [-0.2, 0) is 4.79 Å². The van der Waals surface area contributed by atoms with Gasteiger partial charge in [0.1, 0.15) is 11.4 Å². The van der Waals surface area contributed by atoms with E-state index in [4.69, 9.17) is 9.15 Å². The minimum atomic E-state index is -0.514. The summed E-state index contributed by atoms with van der Waals surface area (Å²) >= 11 is 1.04. The number of anilines is 1. The molecule has 1 N–H and O–H groups in total. The van der Waals surface area contributed by atoms with Gasteiger partial charge in [0.05, 0.1) is 23.3 Å². The summed E-state index contributed by atoms with van der Waals surface area (Å²) in [4.78, 5) is 23.1. The van der Waals surface area contributed by atoms with E-state index in [-0.39, 0.29) is 28.2 Å². The Morgan fingerprint density at radius 2 is 2.03 bits per heavy atom. The van der Waals surface area contributed by atoms with E-state index in [0.29, 0.717) is 16.9 Å². The second kappa shape index (κ2) is 8.74. The fourth-order valence-corrected chi connectivity index (χ4v) is 3.32. The lowest BCUT2D eigenvalue weighted by Gasteiger charge is -2.09. The predicted molar refractivity (Wildman–Crippen MR) is 108 cm³/mol. The Morgan fingerprint density at radius 1 is 1.28 bits per heavy atom. The van der Waals surface area contributed by atoms with Gasteiger partial charge in [-0.15, -0.1) is 10.2 Å². The summed E-state index contributed by atoms with van der Waals surface area (Å²) in [5, 5.41) is 22.0. The van der Waals surface area contributed by atoms with E-state index < -0.39 is 10.8 Å². The number of hydrogen-bond acceptors (Lipinski definition) is 8. The van der Waals surface area contributed by atoms with Crippen LogP contribution in [0, 0.1) is 24.0 Å². The molecule has 9 nitrogen and oxygen atoms in total. The zero-order valence-corrected chi connectivity index (χ0v) is 16.8. The monoisotopic (exact) mass is 414 g/mol. The summed E-state index contributed by atoms with van der Waals surface area (Å²) < 4.78 is 10.9. The molecule has 0 bridgehead atoms. The number of ether oxygens (including phenoxy) is 1. The van der Waals surface area contributed by atoms with E-state index in [0.717, 1.165) is 17.3 Å². The molecular weight excluding hydrogens is 396 g/mol. The summed E-state index contributed by atoms with van der Waals surface area (Å²) in [5.41, 5.74) is 2.05. The molecule has 0 radical (unpaired) electrons. The Bertz CT molecular complexity index is 1070. The maximum absolute atomic E-state index is 12.3. The van der Waals surface area contributed by atoms with Gasteiger partial charge in [-0.2, -0.15) is 0 Å². The highest BCUT2D eigenvalue weighted by atomic mass is 32.2. The standard InChI is InChI=1S/C19H18N4O5S/c1-11-8-12(2)17(14(9-11)23(25)26)20-16(24)10-29-19-22-21-18(28-19)13-6-4-5-7-15(13)27-3/h4-9H,10H2,1-3H3,(H,20,24). The van der Waals surface area contributed by atoms with Crippen molar-refractivity contribution in [2.24, 2.45) is 0 Å². The number of nitro benzene ring substituents is 1. The molecule has 0 atom stereocenters. The van der Waals surface area contributed by atoms with E-state index in [9.17, 15) is 14.9 Å². The van der Waals surface area contributed by atoms with Crippen LogP contribution < -0.4 is 10.1 Å². The van der Waals surface area contributed by atoms with Crippen LogP contribution in [0.5, 0.6) is 5.75 Å². The summed E-state index contributed by atoms with van der Waals surface area (Å²) in [5.74, 6) is 0.406. The number of rotatable bonds is 7. The van der Waals surface area contributed by atoms with E-state index in [1.807, 2.05) is 12.1 Å². The Kier molecular flexibility index (Phi) is 6.13. The molecule has 1 heterocycles. The normalized spacial score (nSPS) is 10.6. The SMILES string of the molecule is COc1ccccc1-c1nnc(SCC(=O)Nc2c(C)cc(C)cc2[N+](=O)[O-])o1. The van der Waals surface area contributed by atoms with Crippen molar-refractivity contribution in [2.45, 2.75) is 19.1 Å². The number of methoxy groups -OCH3 is 1. The maximum atomic E-state index is 12.3. The number of nitrogens with zero attached hydrogens (tertiary/aromatic N) is 3. The summed E-state index contributed by atoms with van der Waals surface area (Å²) in [6, 6.07) is 10.4. The van der Waals surface area contributed by atoms with Gasteiger partial charge in [0.15, 0.2) is 0 Å². The highest BCUT2D eigenvalue weighted by molar-refractivity contribution is 7.99. The van der Waals surface area contributed by atoms with Gasteiger partial charge >= 0.3 is 0 Å². The molecule has 0 saturated carbocycles. The molecule has 0 unspecified atom stereocenters. The first kappa shape index (κ1) is 20.3. The van der Waals surface area contributed by atoms with Gasteiger partial charge in [-0.1, -0.05) is 30.0 Å². The second-order valence-electron chi connectivity index (χ2n) is 6.14. The maximum Gasteiger partial charge on any atom is 0.293 e. The minimum Gasteiger partial charge on any atom is -0.496 e. The van der Waals surface area contributed by atoms with Crippen molar-refractivity contribution in [3.63, 3.8) is 0 Å². The number of hydrogen-bond donors (Lipinski definition) is 1. The zero-order valence-electron chi connectivity index (χ0n) is 16.0. The average molecular weight is 414 g/mol. The van der Waals surface area contributed by atoms with Gasteiger partial charge in [-0.05, 0) is 37.1 Å². The number of thioether (sulfide) groups is 1. The number of benzene rings is 2. The molecule has 1 aromatic heterocycles. The van der Waals surface area contributed by atoms with Crippen LogP contribution >= 0.6 is 11.8 Å². The zero-order chi connectivity index (χ0) is 21.0. The molecule has 3 rings (SSSR count). The number of carbonyl (C=O) groups excluding carboxylic acids is 1. The van der Waals surface area contributed by atoms with Gasteiger partial charge in [0.2, 0.25) is 5.91 Å². The van der Waals surface area contributed by atoms with Crippen molar-refractivity contribution in [2.75, 3.05) is 18.2 Å². The van der Waals surface area contributed by atoms with E-state index in [1.54, 1.807) is 39.2 Å². The molecule has 10 heteroatoms. The number of para-hydroxylation sites is 1. The Balaban J connectivity index is 1.68. The summed E-state index contributed by atoms with van der Waals surface area (Å²) in [6.07, 6.45) is 0. The van der Waals surface area contributed by atoms with E-state index in [1.165, 1.54) is 6.07 Å². The third-order valence-electron chi connectivity index (χ3n) is 3.99. The van der Waals surface area contributed by atoms with Crippen LogP contribution in [0.1, 0.15) is 11.1 Å². The molecule has 2 aromatic carbocycles. The molecule has 0 aliphatic heterocycles. The van der Waals surface area contributed by atoms with Crippen molar-refractivity contribution < 1.29 is 18.9 Å². The number of nitrogens with one attached hydrogen (secondary N) is 1. The largest absolute Gasteiger partial charge is 0.496 e. The highest BCUT2D eigenvalue weighted by Gasteiger charge is 2.20. The van der Waals surface area contributed by atoms with Crippen molar-refractivity contribution in [3.05, 3.63) is 57.6 Å². The van der Waals surface area contributed by atoms with Gasteiger partial charge in [-0.3, -0.25) is 14.9 Å². The number of nitro groups is 1. The lowest BCUT2D eigenvalue weighted by Crippen LogP contribution is -2.16. The average Bonchev–Trinajstić information content (AvgIpc) is 3.17. The van der Waals surface area contributed by atoms with Crippen LogP contribution in [0.3, 0.4) is 0 Å². The van der Waals surface area contributed by atoms with Crippen molar-refractivity contribution in [1.82, 2.24) is 10.2 Å². The molecular formula is C19H18N4O5S. The van der Waals surface area contributed by atoms with Gasteiger partial charge in [0, 0.05) is 6.07 Å². The number of aryl methyl sites for hydroxylation is 2. The molecule has 0 fully saturated rings. The van der Waals surface area contributed by atoms with Crippen LogP contribution in [0.2, 0.25) is 0 Å². The first-order valence-corrected chi connectivity index (χ1v) is 9.52. The first-order chi connectivity index (χ1) is 13.9. The Hall–Kier alpha value is -3.40. The summed E-state index contributed by atoms with van der Waals surface area (Å²) in [7, 11) is 1.54. The highest BCUT2D eigenvalue weighted by Crippen LogP contribution is 2.32. The quantitative estimate of drug-likeness (QED) is 0.350. The Labute approximate surface area is 170 Å². The smallest absolute Gasteiger partial charge is 0.293 e.